The van der Waals surface area contributed by atoms with Gasteiger partial charge in [0.1, 0.15) is 17.3 Å². The van der Waals surface area contributed by atoms with Crippen LogP contribution in [0.2, 0.25) is 0 Å². The van der Waals surface area contributed by atoms with Gasteiger partial charge in [-0.15, -0.1) is 0 Å². The highest BCUT2D eigenvalue weighted by atomic mass is 16.3. The van der Waals surface area contributed by atoms with Crippen molar-refractivity contribution in [2.75, 3.05) is 10.9 Å². The number of hydrogen-bond donors (Lipinski definition) is 6. The third-order valence-electron chi connectivity index (χ3n) is 2.99. The van der Waals surface area contributed by atoms with Crippen LogP contribution >= 0.6 is 0 Å². The van der Waals surface area contributed by atoms with Gasteiger partial charge in [0.25, 0.3) is 0 Å². The van der Waals surface area contributed by atoms with Gasteiger partial charge in [0, 0.05) is 18.7 Å². The molecule has 1 atom stereocenters. The second kappa shape index (κ2) is 6.64. The van der Waals surface area contributed by atoms with Gasteiger partial charge in [-0.1, -0.05) is 6.07 Å². The molecule has 0 unspecified atom stereocenters. The van der Waals surface area contributed by atoms with Crippen molar-refractivity contribution in [2.24, 2.45) is 11.5 Å². The molecule has 0 saturated heterocycles. The average Bonchev–Trinajstić information content (AvgIpc) is 2.49. The highest BCUT2D eigenvalue weighted by Gasteiger charge is 2.15. The van der Waals surface area contributed by atoms with Gasteiger partial charge in [-0.25, -0.2) is 4.98 Å². The quantitative estimate of drug-likeness (QED) is 0.255. The Morgan fingerprint density at radius 1 is 1.23 bits per heavy atom. The molecule has 2 rings (SSSR count). The Balaban J connectivity index is 2.15. The summed E-state index contributed by atoms with van der Waals surface area (Å²) in [6.45, 7) is 0. The van der Waals surface area contributed by atoms with Crippen molar-refractivity contribution < 1.29 is 15.0 Å². The molecule has 0 saturated carbocycles. The number of primary amides is 1. The van der Waals surface area contributed by atoms with E-state index in [0.29, 0.717) is 17.1 Å². The predicted octanol–water partition coefficient (Wildman–Crippen LogP) is 0.287. The molecule has 0 aliphatic rings. The van der Waals surface area contributed by atoms with E-state index >= 15 is 0 Å². The number of amides is 1. The highest BCUT2D eigenvalue weighted by Crippen LogP contribution is 2.32. The van der Waals surface area contributed by atoms with Gasteiger partial charge in [0.2, 0.25) is 5.91 Å². The minimum Gasteiger partial charge on any atom is -0.508 e. The van der Waals surface area contributed by atoms with Crippen molar-refractivity contribution in [1.29, 1.82) is 0 Å². The summed E-state index contributed by atoms with van der Waals surface area (Å²) in [6, 6.07) is 7.01. The topological polar surface area (TPSA) is 147 Å². The number of rotatable bonds is 6. The van der Waals surface area contributed by atoms with Gasteiger partial charge in [-0.2, -0.15) is 0 Å². The van der Waals surface area contributed by atoms with E-state index in [1.54, 1.807) is 24.4 Å². The van der Waals surface area contributed by atoms with E-state index in [1.807, 2.05) is 0 Å². The monoisotopic (exact) mass is 303 g/mol. The fourth-order valence-electron chi connectivity index (χ4n) is 1.79. The molecule has 0 bridgehead atoms. The van der Waals surface area contributed by atoms with Crippen LogP contribution in [-0.2, 0) is 11.2 Å². The Morgan fingerprint density at radius 2 is 2.00 bits per heavy atom. The van der Waals surface area contributed by atoms with Crippen molar-refractivity contribution in [3.63, 3.8) is 0 Å². The number of anilines is 2. The number of hydrogen-bond acceptors (Lipinski definition) is 7. The van der Waals surface area contributed by atoms with Crippen LogP contribution < -0.4 is 22.3 Å². The smallest absolute Gasteiger partial charge is 0.234 e. The van der Waals surface area contributed by atoms with Gasteiger partial charge in [-0.05, 0) is 23.8 Å². The van der Waals surface area contributed by atoms with E-state index in [2.05, 4.69) is 15.8 Å². The maximum absolute atomic E-state index is 11.0. The number of carbonyl (C=O) groups excluding carboxylic acids is 1. The van der Waals surface area contributed by atoms with E-state index in [0.717, 1.165) is 6.07 Å². The summed E-state index contributed by atoms with van der Waals surface area (Å²) in [5.41, 5.74) is 16.9. The average molecular weight is 303 g/mol. The Bertz CT molecular complexity index is 663. The Hall–Kier alpha value is -3.00. The number of carbonyl (C=O) groups is 1. The molecule has 0 fully saturated rings. The van der Waals surface area contributed by atoms with Gasteiger partial charge in [0.15, 0.2) is 0 Å². The van der Waals surface area contributed by atoms with E-state index in [-0.39, 0.29) is 17.9 Å². The minimum absolute atomic E-state index is 0.0553. The Labute approximate surface area is 126 Å². The van der Waals surface area contributed by atoms with Crippen LogP contribution in [-0.4, -0.2) is 27.1 Å². The van der Waals surface area contributed by atoms with Crippen molar-refractivity contribution >= 4 is 17.4 Å². The van der Waals surface area contributed by atoms with E-state index < -0.39 is 11.9 Å². The molecule has 8 N–H and O–H groups in total. The predicted molar refractivity (Wildman–Crippen MR) is 82.1 cm³/mol. The maximum Gasteiger partial charge on any atom is 0.234 e. The summed E-state index contributed by atoms with van der Waals surface area (Å²) < 4.78 is 0. The fraction of sp³-hybridized carbons (Fsp3) is 0.143. The van der Waals surface area contributed by atoms with Crippen LogP contribution in [0.3, 0.4) is 0 Å². The standard InChI is InChI=1S/C14H17N5O3/c15-9(14(16)22)5-8-6-10(12(21)7-11(8)20)18-19-13-3-1-2-4-17-13/h1-4,6-7,9,18,20-21H,5,15H2,(H2,16,22)(H,17,19)/t9-/m0/s1. The van der Waals surface area contributed by atoms with Crippen LogP contribution in [0.4, 0.5) is 11.5 Å². The molecular weight excluding hydrogens is 286 g/mol. The second-order valence-electron chi connectivity index (χ2n) is 4.68. The lowest BCUT2D eigenvalue weighted by Gasteiger charge is -2.14. The molecule has 2 aromatic rings. The van der Waals surface area contributed by atoms with Gasteiger partial charge >= 0.3 is 0 Å². The molecule has 1 heterocycles. The molecule has 0 aliphatic heterocycles. The number of nitrogens with zero attached hydrogens (tertiary/aromatic N) is 1. The fourth-order valence-corrected chi connectivity index (χ4v) is 1.79. The normalized spacial score (nSPS) is 11.7. The first-order valence-electron chi connectivity index (χ1n) is 6.50. The first kappa shape index (κ1) is 15.4. The van der Waals surface area contributed by atoms with Crippen LogP contribution in [0.25, 0.3) is 0 Å². The van der Waals surface area contributed by atoms with E-state index in [4.69, 9.17) is 11.5 Å². The van der Waals surface area contributed by atoms with Crippen molar-refractivity contribution in [2.45, 2.75) is 12.5 Å². The second-order valence-corrected chi connectivity index (χ2v) is 4.68. The SMILES string of the molecule is NC(=O)[C@@H](N)Cc1cc(NNc2ccccn2)c(O)cc1O. The summed E-state index contributed by atoms with van der Waals surface area (Å²) in [7, 11) is 0. The zero-order valence-corrected chi connectivity index (χ0v) is 11.7. The number of benzene rings is 1. The molecule has 116 valence electrons. The molecule has 8 heteroatoms. The Morgan fingerprint density at radius 3 is 2.64 bits per heavy atom. The summed E-state index contributed by atoms with van der Waals surface area (Å²) in [5.74, 6) is -0.464. The molecular formula is C14H17N5O3. The van der Waals surface area contributed by atoms with Crippen molar-refractivity contribution in [1.82, 2.24) is 4.98 Å². The molecule has 1 amide bonds. The highest BCUT2D eigenvalue weighted by molar-refractivity contribution is 5.80. The molecule has 22 heavy (non-hydrogen) atoms. The number of aromatic hydroxyl groups is 2. The number of pyridine rings is 1. The number of hydrazine groups is 1. The molecule has 8 nitrogen and oxygen atoms in total. The minimum atomic E-state index is -0.924. The van der Waals surface area contributed by atoms with Crippen LogP contribution in [0.1, 0.15) is 5.56 Å². The molecule has 1 aromatic heterocycles. The van der Waals surface area contributed by atoms with Crippen LogP contribution in [0, 0.1) is 0 Å². The van der Waals surface area contributed by atoms with Gasteiger partial charge in [0.05, 0.1) is 11.7 Å². The molecule has 0 aliphatic carbocycles. The Kier molecular flexibility index (Phi) is 4.64. The zero-order valence-electron chi connectivity index (χ0n) is 11.7. The zero-order chi connectivity index (χ0) is 16.1. The van der Waals surface area contributed by atoms with Gasteiger partial charge in [-0.3, -0.25) is 15.6 Å². The maximum atomic E-state index is 11.0. The number of phenols is 2. The lowest BCUT2D eigenvalue weighted by Crippen LogP contribution is -2.38. The lowest BCUT2D eigenvalue weighted by molar-refractivity contribution is -0.119. The van der Waals surface area contributed by atoms with Crippen LogP contribution in [0.15, 0.2) is 36.5 Å². The third kappa shape index (κ3) is 3.76. The van der Waals surface area contributed by atoms with Crippen molar-refractivity contribution in [3.05, 3.63) is 42.1 Å². The first-order valence-corrected chi connectivity index (χ1v) is 6.50. The number of nitrogens with one attached hydrogen (secondary N) is 2. The molecule has 1 aromatic carbocycles. The number of nitrogens with two attached hydrogens (primary N) is 2. The number of phenolic OH excluding ortho intramolecular Hbond substituents is 2. The summed E-state index contributed by atoms with van der Waals surface area (Å²) >= 11 is 0. The summed E-state index contributed by atoms with van der Waals surface area (Å²) in [6.07, 6.45) is 1.66. The largest absolute Gasteiger partial charge is 0.508 e. The lowest BCUT2D eigenvalue weighted by atomic mass is 10.0. The third-order valence-corrected chi connectivity index (χ3v) is 2.99. The summed E-state index contributed by atoms with van der Waals surface area (Å²) in [4.78, 5) is 15.1. The molecule has 0 spiro atoms. The van der Waals surface area contributed by atoms with E-state index in [9.17, 15) is 15.0 Å². The van der Waals surface area contributed by atoms with Crippen LogP contribution in [0.5, 0.6) is 11.5 Å². The van der Waals surface area contributed by atoms with Crippen molar-refractivity contribution in [3.8, 4) is 11.5 Å². The van der Waals surface area contributed by atoms with Gasteiger partial charge < -0.3 is 21.7 Å². The number of aromatic nitrogens is 1. The summed E-state index contributed by atoms with van der Waals surface area (Å²) in [5, 5.41) is 19.6. The first-order chi connectivity index (χ1) is 10.5. The van der Waals surface area contributed by atoms with E-state index in [1.165, 1.54) is 6.07 Å². The molecule has 0 radical (unpaired) electrons.